The van der Waals surface area contributed by atoms with Crippen molar-refractivity contribution in [3.05, 3.63) is 83.4 Å². The molecule has 0 saturated heterocycles. The molecule has 0 radical (unpaired) electrons. The topological polar surface area (TPSA) is 38.3 Å². The lowest BCUT2D eigenvalue weighted by atomic mass is 9.96. The van der Waals surface area contributed by atoms with Crippen LogP contribution in [0, 0.1) is 6.92 Å². The molecule has 3 nitrogen and oxygen atoms in total. The average Bonchev–Trinajstić information content (AvgIpc) is 2.69. The van der Waals surface area contributed by atoms with Gasteiger partial charge in [-0.2, -0.15) is 0 Å². The highest BCUT2D eigenvalue weighted by molar-refractivity contribution is 7.99. The van der Waals surface area contributed by atoms with Crippen LogP contribution in [0.1, 0.15) is 41.3 Å². The molecule has 0 aromatic heterocycles. The summed E-state index contributed by atoms with van der Waals surface area (Å²) in [7, 11) is 1.66. The molecule has 0 heterocycles. The smallest absolute Gasteiger partial charge is 0.255 e. The molecule has 0 fully saturated rings. The first-order valence-electron chi connectivity index (χ1n) is 9.31. The summed E-state index contributed by atoms with van der Waals surface area (Å²) in [6.07, 6.45) is 0. The molecule has 4 heteroatoms. The van der Waals surface area contributed by atoms with Crippen LogP contribution in [0.5, 0.6) is 5.75 Å². The molecule has 144 valence electrons. The second-order valence-corrected chi connectivity index (χ2v) is 8.04. The van der Waals surface area contributed by atoms with E-state index in [1.54, 1.807) is 18.9 Å². The van der Waals surface area contributed by atoms with Gasteiger partial charge in [-0.25, -0.2) is 0 Å². The number of carbonyl (C=O) groups is 1. The Hall–Kier alpha value is -2.72. The zero-order chi connectivity index (χ0) is 20.1. The van der Waals surface area contributed by atoms with Gasteiger partial charge in [0.2, 0.25) is 0 Å². The Labute approximate surface area is 171 Å². The number of hydrogen-bond acceptors (Lipinski definition) is 3. The largest absolute Gasteiger partial charge is 0.496 e. The van der Waals surface area contributed by atoms with Gasteiger partial charge in [-0.05, 0) is 60.4 Å². The van der Waals surface area contributed by atoms with Gasteiger partial charge in [0.05, 0.1) is 12.8 Å². The highest BCUT2D eigenvalue weighted by atomic mass is 32.2. The molecular formula is C24H25NO2S. The summed E-state index contributed by atoms with van der Waals surface area (Å²) in [6.45, 7) is 6.13. The van der Waals surface area contributed by atoms with Crippen molar-refractivity contribution in [3.8, 4) is 5.75 Å². The molecule has 0 atom stereocenters. The van der Waals surface area contributed by atoms with E-state index in [2.05, 4.69) is 31.3 Å². The Kier molecular flexibility index (Phi) is 6.42. The summed E-state index contributed by atoms with van der Waals surface area (Å²) < 4.78 is 5.49. The predicted molar refractivity (Wildman–Crippen MR) is 117 cm³/mol. The number of para-hydroxylation sites is 1. The van der Waals surface area contributed by atoms with Crippen molar-refractivity contribution in [2.75, 3.05) is 12.4 Å². The molecule has 0 spiro atoms. The summed E-state index contributed by atoms with van der Waals surface area (Å²) in [6, 6.07) is 21.9. The lowest BCUT2D eigenvalue weighted by molar-refractivity contribution is 0.102. The Balaban J connectivity index is 1.89. The predicted octanol–water partition coefficient (Wildman–Crippen LogP) is 6.53. The monoisotopic (exact) mass is 391 g/mol. The van der Waals surface area contributed by atoms with Crippen LogP contribution in [0.4, 0.5) is 5.69 Å². The highest BCUT2D eigenvalue weighted by Crippen LogP contribution is 2.34. The van der Waals surface area contributed by atoms with Crippen LogP contribution in [-0.2, 0) is 0 Å². The number of ether oxygens (including phenoxy) is 1. The van der Waals surface area contributed by atoms with Crippen molar-refractivity contribution in [2.45, 2.75) is 36.5 Å². The van der Waals surface area contributed by atoms with E-state index in [0.717, 1.165) is 32.4 Å². The number of nitrogens with one attached hydrogen (secondary N) is 1. The van der Waals surface area contributed by atoms with Gasteiger partial charge >= 0.3 is 0 Å². The van der Waals surface area contributed by atoms with Crippen molar-refractivity contribution in [3.63, 3.8) is 0 Å². The van der Waals surface area contributed by atoms with E-state index in [1.807, 2.05) is 61.5 Å². The third kappa shape index (κ3) is 4.57. The van der Waals surface area contributed by atoms with Crippen LogP contribution in [0.3, 0.4) is 0 Å². The molecule has 0 unspecified atom stereocenters. The minimum Gasteiger partial charge on any atom is -0.496 e. The fourth-order valence-electron chi connectivity index (χ4n) is 3.03. The lowest BCUT2D eigenvalue weighted by Crippen LogP contribution is -2.15. The zero-order valence-corrected chi connectivity index (χ0v) is 17.5. The standard InChI is InChI=1S/C24H25NO2S/c1-16(2)19-15-20(17(3)14-22(19)27-4)24(26)25-21-12-8-9-13-23(21)28-18-10-6-5-7-11-18/h5-16H,1-4H3,(H,25,26). The number of carbonyl (C=O) groups excluding carboxylic acids is 1. The molecule has 1 N–H and O–H groups in total. The van der Waals surface area contributed by atoms with Gasteiger partial charge in [0.15, 0.2) is 0 Å². The first kappa shape index (κ1) is 20.0. The molecule has 0 bridgehead atoms. The van der Waals surface area contributed by atoms with E-state index in [4.69, 9.17) is 4.74 Å². The number of aryl methyl sites for hydroxylation is 1. The highest BCUT2D eigenvalue weighted by Gasteiger charge is 2.17. The molecule has 0 aliphatic rings. The first-order chi connectivity index (χ1) is 13.5. The molecule has 3 rings (SSSR count). The van der Waals surface area contributed by atoms with Crippen LogP contribution in [-0.4, -0.2) is 13.0 Å². The number of methoxy groups -OCH3 is 1. The van der Waals surface area contributed by atoms with Crippen molar-refractivity contribution in [1.82, 2.24) is 0 Å². The Bertz CT molecular complexity index is 968. The second kappa shape index (κ2) is 8.98. The van der Waals surface area contributed by atoms with Gasteiger partial charge in [-0.3, -0.25) is 4.79 Å². The van der Waals surface area contributed by atoms with Crippen LogP contribution in [0.25, 0.3) is 0 Å². The van der Waals surface area contributed by atoms with Crippen molar-refractivity contribution in [1.29, 1.82) is 0 Å². The normalized spacial score (nSPS) is 10.8. The van der Waals surface area contributed by atoms with Crippen LogP contribution in [0.15, 0.2) is 76.5 Å². The molecule has 0 saturated carbocycles. The molecule has 0 aliphatic heterocycles. The average molecular weight is 392 g/mol. The maximum absolute atomic E-state index is 13.1. The van der Waals surface area contributed by atoms with E-state index >= 15 is 0 Å². The summed E-state index contributed by atoms with van der Waals surface area (Å²) in [5.74, 6) is 0.982. The minimum atomic E-state index is -0.108. The third-order valence-electron chi connectivity index (χ3n) is 4.55. The Morgan fingerprint density at radius 2 is 1.68 bits per heavy atom. The molecule has 0 aliphatic carbocycles. The summed E-state index contributed by atoms with van der Waals surface area (Å²) in [4.78, 5) is 15.2. The molecule has 28 heavy (non-hydrogen) atoms. The van der Waals surface area contributed by atoms with Crippen molar-refractivity contribution < 1.29 is 9.53 Å². The minimum absolute atomic E-state index is 0.108. The van der Waals surface area contributed by atoms with Crippen molar-refractivity contribution >= 4 is 23.4 Å². The number of amides is 1. The third-order valence-corrected chi connectivity index (χ3v) is 5.63. The number of rotatable bonds is 6. The molecule has 1 amide bonds. The summed E-state index contributed by atoms with van der Waals surface area (Å²) in [5, 5.41) is 3.09. The Morgan fingerprint density at radius 3 is 2.36 bits per heavy atom. The SMILES string of the molecule is COc1cc(C)c(C(=O)Nc2ccccc2Sc2ccccc2)cc1C(C)C. The van der Waals surface area contributed by atoms with Gasteiger partial charge in [0.25, 0.3) is 5.91 Å². The summed E-state index contributed by atoms with van der Waals surface area (Å²) >= 11 is 1.63. The van der Waals surface area contributed by atoms with Crippen LogP contribution >= 0.6 is 11.8 Å². The van der Waals surface area contributed by atoms with E-state index in [9.17, 15) is 4.79 Å². The van der Waals surface area contributed by atoms with Gasteiger partial charge in [0.1, 0.15) is 5.75 Å². The maximum atomic E-state index is 13.1. The van der Waals surface area contributed by atoms with Crippen LogP contribution < -0.4 is 10.1 Å². The van der Waals surface area contributed by atoms with Gasteiger partial charge < -0.3 is 10.1 Å². The number of anilines is 1. The molecule has 3 aromatic rings. The lowest BCUT2D eigenvalue weighted by Gasteiger charge is -2.17. The second-order valence-electron chi connectivity index (χ2n) is 6.93. The maximum Gasteiger partial charge on any atom is 0.255 e. The molecular weight excluding hydrogens is 366 g/mol. The van der Waals surface area contributed by atoms with E-state index < -0.39 is 0 Å². The van der Waals surface area contributed by atoms with Crippen LogP contribution in [0.2, 0.25) is 0 Å². The van der Waals surface area contributed by atoms with Gasteiger partial charge in [-0.15, -0.1) is 0 Å². The quantitative estimate of drug-likeness (QED) is 0.519. The fraction of sp³-hybridized carbons (Fsp3) is 0.208. The zero-order valence-electron chi connectivity index (χ0n) is 16.7. The number of benzene rings is 3. The summed E-state index contributed by atoms with van der Waals surface area (Å²) in [5.41, 5.74) is 3.41. The van der Waals surface area contributed by atoms with E-state index in [-0.39, 0.29) is 11.8 Å². The van der Waals surface area contributed by atoms with Gasteiger partial charge in [-0.1, -0.05) is 55.9 Å². The Morgan fingerprint density at radius 1 is 1.00 bits per heavy atom. The number of hydrogen-bond donors (Lipinski definition) is 1. The van der Waals surface area contributed by atoms with E-state index in [1.165, 1.54) is 0 Å². The van der Waals surface area contributed by atoms with Gasteiger partial charge in [0, 0.05) is 15.4 Å². The van der Waals surface area contributed by atoms with E-state index in [0.29, 0.717) is 5.56 Å². The molecule has 3 aromatic carbocycles. The fourth-order valence-corrected chi connectivity index (χ4v) is 3.96. The first-order valence-corrected chi connectivity index (χ1v) is 10.1. The van der Waals surface area contributed by atoms with Crippen molar-refractivity contribution in [2.24, 2.45) is 0 Å².